The van der Waals surface area contributed by atoms with Crippen LogP contribution in [0.3, 0.4) is 0 Å². The van der Waals surface area contributed by atoms with Gasteiger partial charge in [-0.25, -0.2) is 0 Å². The van der Waals surface area contributed by atoms with Gasteiger partial charge in [0, 0.05) is 19.5 Å². The highest BCUT2D eigenvalue weighted by Crippen LogP contribution is 2.24. The highest BCUT2D eigenvalue weighted by molar-refractivity contribution is 5.85. The molecule has 1 aliphatic rings. The summed E-state index contributed by atoms with van der Waals surface area (Å²) >= 11 is 0. The Kier molecular flexibility index (Phi) is 7.80. The van der Waals surface area contributed by atoms with Gasteiger partial charge in [0.1, 0.15) is 0 Å². The van der Waals surface area contributed by atoms with Gasteiger partial charge in [0.25, 0.3) is 0 Å². The molecule has 1 amide bonds. The Bertz CT molecular complexity index is 227. The second-order valence-corrected chi connectivity index (χ2v) is 5.37. The number of nitrogens with zero attached hydrogens (tertiary/aromatic N) is 1. The van der Waals surface area contributed by atoms with Crippen LogP contribution in [0, 0.1) is 11.8 Å². The summed E-state index contributed by atoms with van der Waals surface area (Å²) in [5, 5.41) is 3.37. The van der Waals surface area contributed by atoms with Gasteiger partial charge >= 0.3 is 0 Å². The molecule has 4 heteroatoms. The first-order valence-electron chi connectivity index (χ1n) is 6.48. The zero-order valence-corrected chi connectivity index (χ0v) is 12.3. The summed E-state index contributed by atoms with van der Waals surface area (Å²) in [7, 11) is 1.90. The van der Waals surface area contributed by atoms with Gasteiger partial charge in [-0.05, 0) is 51.6 Å². The molecule has 102 valence electrons. The predicted octanol–water partition coefficient (Wildman–Crippen LogP) is 2.30. The fourth-order valence-corrected chi connectivity index (χ4v) is 2.29. The van der Waals surface area contributed by atoms with Gasteiger partial charge in [-0.1, -0.05) is 6.92 Å². The van der Waals surface area contributed by atoms with Crippen LogP contribution in [0.2, 0.25) is 0 Å². The molecular formula is C13H27ClN2O. The summed E-state index contributed by atoms with van der Waals surface area (Å²) in [5.41, 5.74) is 0. The van der Waals surface area contributed by atoms with Crippen LogP contribution in [0.4, 0.5) is 0 Å². The highest BCUT2D eigenvalue weighted by Gasteiger charge is 2.23. The van der Waals surface area contributed by atoms with Gasteiger partial charge in [-0.3, -0.25) is 4.79 Å². The monoisotopic (exact) mass is 262 g/mol. The van der Waals surface area contributed by atoms with Gasteiger partial charge in [0.15, 0.2) is 0 Å². The van der Waals surface area contributed by atoms with Crippen molar-refractivity contribution in [2.45, 2.75) is 46.1 Å². The van der Waals surface area contributed by atoms with Crippen LogP contribution in [0.15, 0.2) is 0 Å². The average molecular weight is 263 g/mol. The third kappa shape index (κ3) is 5.26. The maximum absolute atomic E-state index is 11.9. The maximum atomic E-state index is 11.9. The largest absolute Gasteiger partial charge is 0.343 e. The van der Waals surface area contributed by atoms with Crippen LogP contribution >= 0.6 is 12.4 Å². The van der Waals surface area contributed by atoms with Crippen molar-refractivity contribution in [2.75, 3.05) is 20.1 Å². The van der Waals surface area contributed by atoms with Crippen LogP contribution in [-0.2, 0) is 4.79 Å². The number of rotatable bonds is 4. The smallest absolute Gasteiger partial charge is 0.222 e. The van der Waals surface area contributed by atoms with Crippen LogP contribution < -0.4 is 5.32 Å². The third-order valence-electron chi connectivity index (χ3n) is 3.85. The molecule has 0 aliphatic carbocycles. The predicted molar refractivity (Wildman–Crippen MR) is 74.5 cm³/mol. The van der Waals surface area contributed by atoms with E-state index < -0.39 is 0 Å². The lowest BCUT2D eigenvalue weighted by Gasteiger charge is -2.30. The molecule has 0 spiro atoms. The van der Waals surface area contributed by atoms with E-state index in [2.05, 4.69) is 26.1 Å². The van der Waals surface area contributed by atoms with E-state index >= 15 is 0 Å². The van der Waals surface area contributed by atoms with Crippen molar-refractivity contribution in [1.29, 1.82) is 0 Å². The summed E-state index contributed by atoms with van der Waals surface area (Å²) in [6.07, 6.45) is 3.15. The van der Waals surface area contributed by atoms with Gasteiger partial charge in [-0.2, -0.15) is 0 Å². The molecule has 1 heterocycles. The second-order valence-electron chi connectivity index (χ2n) is 5.37. The van der Waals surface area contributed by atoms with Crippen molar-refractivity contribution in [1.82, 2.24) is 10.2 Å². The summed E-state index contributed by atoms with van der Waals surface area (Å²) < 4.78 is 0. The molecule has 3 nitrogen and oxygen atoms in total. The molecule has 1 atom stereocenters. The number of halogens is 1. The number of amides is 1. The molecule has 17 heavy (non-hydrogen) atoms. The summed E-state index contributed by atoms with van der Waals surface area (Å²) in [5.74, 6) is 1.54. The Morgan fingerprint density at radius 2 is 1.82 bits per heavy atom. The van der Waals surface area contributed by atoms with Crippen molar-refractivity contribution in [3.8, 4) is 0 Å². The Morgan fingerprint density at radius 1 is 1.29 bits per heavy atom. The molecule has 0 bridgehead atoms. The highest BCUT2D eigenvalue weighted by atomic mass is 35.5. The van der Waals surface area contributed by atoms with Crippen molar-refractivity contribution in [3.63, 3.8) is 0 Å². The minimum absolute atomic E-state index is 0. The minimum Gasteiger partial charge on any atom is -0.343 e. The quantitative estimate of drug-likeness (QED) is 0.843. The average Bonchev–Trinajstić information content (AvgIpc) is 2.28. The lowest BCUT2D eigenvalue weighted by molar-refractivity contribution is -0.132. The Balaban J connectivity index is 0.00000256. The summed E-state index contributed by atoms with van der Waals surface area (Å²) in [6, 6.07) is 0.313. The molecule has 0 radical (unpaired) electrons. The molecule has 0 aromatic rings. The number of hydrogen-bond donors (Lipinski definition) is 1. The lowest BCUT2D eigenvalue weighted by Crippen LogP contribution is -2.36. The molecule has 1 aliphatic heterocycles. The fourth-order valence-electron chi connectivity index (χ4n) is 2.29. The first-order chi connectivity index (χ1) is 7.52. The number of piperidine rings is 1. The van der Waals surface area contributed by atoms with E-state index in [1.807, 2.05) is 11.9 Å². The zero-order valence-electron chi connectivity index (χ0n) is 11.5. The normalized spacial score (nSPS) is 18.6. The number of hydrogen-bond acceptors (Lipinski definition) is 2. The topological polar surface area (TPSA) is 32.3 Å². The lowest BCUT2D eigenvalue weighted by atomic mass is 9.84. The van der Waals surface area contributed by atoms with Crippen molar-refractivity contribution >= 4 is 18.3 Å². The molecule has 1 fully saturated rings. The molecular weight excluding hydrogens is 236 g/mol. The van der Waals surface area contributed by atoms with Gasteiger partial charge < -0.3 is 10.2 Å². The van der Waals surface area contributed by atoms with Gasteiger partial charge in [-0.15, -0.1) is 12.4 Å². The molecule has 1 saturated heterocycles. The van der Waals surface area contributed by atoms with Crippen molar-refractivity contribution in [3.05, 3.63) is 0 Å². The minimum atomic E-state index is 0. The zero-order chi connectivity index (χ0) is 12.1. The van der Waals surface area contributed by atoms with E-state index in [0.717, 1.165) is 19.0 Å². The Morgan fingerprint density at radius 3 is 2.29 bits per heavy atom. The summed E-state index contributed by atoms with van der Waals surface area (Å²) in [4.78, 5) is 13.8. The Labute approximate surface area is 112 Å². The van der Waals surface area contributed by atoms with Crippen LogP contribution in [0.1, 0.15) is 40.0 Å². The van der Waals surface area contributed by atoms with Crippen LogP contribution in [0.25, 0.3) is 0 Å². The van der Waals surface area contributed by atoms with Crippen LogP contribution in [0.5, 0.6) is 0 Å². The molecule has 0 saturated carbocycles. The fraction of sp³-hybridized carbons (Fsp3) is 0.923. The molecule has 1 N–H and O–H groups in total. The standard InChI is InChI=1S/C13H26N2O.ClH/c1-10(2)15(4)13(16)9-11(3)12-5-7-14-8-6-12;/h10-12,14H,5-9H2,1-4H3;1H. The first kappa shape index (κ1) is 16.7. The molecule has 0 aromatic carbocycles. The molecule has 0 aromatic heterocycles. The van der Waals surface area contributed by atoms with E-state index in [0.29, 0.717) is 24.3 Å². The van der Waals surface area contributed by atoms with E-state index in [-0.39, 0.29) is 12.4 Å². The van der Waals surface area contributed by atoms with Crippen molar-refractivity contribution < 1.29 is 4.79 Å². The van der Waals surface area contributed by atoms with Gasteiger partial charge in [0.05, 0.1) is 0 Å². The second kappa shape index (κ2) is 7.93. The summed E-state index contributed by atoms with van der Waals surface area (Å²) in [6.45, 7) is 8.58. The van der Waals surface area contributed by atoms with Crippen molar-refractivity contribution in [2.24, 2.45) is 11.8 Å². The molecule has 1 unspecified atom stereocenters. The maximum Gasteiger partial charge on any atom is 0.222 e. The Hall–Kier alpha value is -0.280. The number of carbonyl (C=O) groups excluding carboxylic acids is 1. The molecule has 1 rings (SSSR count). The third-order valence-corrected chi connectivity index (χ3v) is 3.85. The number of carbonyl (C=O) groups is 1. The van der Waals surface area contributed by atoms with E-state index in [1.165, 1.54) is 12.8 Å². The number of nitrogens with one attached hydrogen (secondary N) is 1. The van der Waals surface area contributed by atoms with Crippen LogP contribution in [-0.4, -0.2) is 37.0 Å². The van der Waals surface area contributed by atoms with Gasteiger partial charge in [0.2, 0.25) is 5.91 Å². The first-order valence-corrected chi connectivity index (χ1v) is 6.48. The van der Waals surface area contributed by atoms with E-state index in [4.69, 9.17) is 0 Å². The van der Waals surface area contributed by atoms with E-state index in [9.17, 15) is 4.79 Å². The van der Waals surface area contributed by atoms with E-state index in [1.54, 1.807) is 0 Å². The SMILES string of the molecule is CC(CC(=O)N(C)C(C)C)C1CCNCC1.Cl.